The summed E-state index contributed by atoms with van der Waals surface area (Å²) in [5, 5.41) is 2.24. The van der Waals surface area contributed by atoms with Crippen LogP contribution in [-0.4, -0.2) is 21.3 Å². The highest BCUT2D eigenvalue weighted by Crippen LogP contribution is 2.47. The first-order valence-corrected chi connectivity index (χ1v) is 14.0. The van der Waals surface area contributed by atoms with E-state index in [-0.39, 0.29) is 0 Å². The molecule has 206 valence electrons. The van der Waals surface area contributed by atoms with E-state index >= 15 is 0 Å². The second kappa shape index (κ2) is 11.8. The molecular weight excluding hydrogens is 508 g/mol. The minimum atomic E-state index is 0.449. The molecule has 1 aliphatic rings. The van der Waals surface area contributed by atoms with Gasteiger partial charge < -0.3 is 18.9 Å². The summed E-state index contributed by atoms with van der Waals surface area (Å²) in [6, 6.07) is 31.4. The molecule has 0 saturated heterocycles. The molecule has 0 radical (unpaired) electrons. The van der Waals surface area contributed by atoms with E-state index in [1.807, 2.05) is 30.3 Å². The zero-order valence-corrected chi connectivity index (χ0v) is 23.8. The van der Waals surface area contributed by atoms with Gasteiger partial charge in [-0.05, 0) is 100 Å². The van der Waals surface area contributed by atoms with E-state index in [0.29, 0.717) is 6.61 Å². The molecule has 0 spiro atoms. The standard InChI is InChI=1S/C37H34O4/c1-38-28-16-11-25(12-17-28)7-6-10-34-32-21-15-27-8-4-5-9-31(27)36(32)33-22-20-30(40-3)23-35(33)37(34)41-24-26-13-18-29(39-2)19-14-26/h4-6,8-14,16-20,22-23H,7,15,21,24H2,1-3H3/b10-6-. The average Bonchev–Trinajstić information content (AvgIpc) is 3.04. The summed E-state index contributed by atoms with van der Waals surface area (Å²) >= 11 is 0. The van der Waals surface area contributed by atoms with E-state index in [9.17, 15) is 0 Å². The number of rotatable bonds is 9. The first kappa shape index (κ1) is 26.5. The van der Waals surface area contributed by atoms with E-state index in [1.165, 1.54) is 33.2 Å². The van der Waals surface area contributed by atoms with Gasteiger partial charge in [0.2, 0.25) is 0 Å². The third-order valence-electron chi connectivity index (χ3n) is 7.88. The van der Waals surface area contributed by atoms with E-state index in [4.69, 9.17) is 18.9 Å². The summed E-state index contributed by atoms with van der Waals surface area (Å²) in [5.74, 6) is 3.39. The Hall–Kier alpha value is -4.70. The molecule has 6 rings (SSSR count). The first-order chi connectivity index (χ1) is 20.2. The Morgan fingerprint density at radius 3 is 2.02 bits per heavy atom. The number of hydrogen-bond acceptors (Lipinski definition) is 4. The number of aryl methyl sites for hydroxylation is 1. The SMILES string of the molecule is COc1ccc(C/C=C\c2c3c(c4ccc(OC)cc4c2OCc2ccc(OC)cc2)-c2ccccc2CC3)cc1. The summed E-state index contributed by atoms with van der Waals surface area (Å²) in [5.41, 5.74) is 8.76. The number of ether oxygens (including phenoxy) is 4. The largest absolute Gasteiger partial charge is 0.497 e. The first-order valence-electron chi connectivity index (χ1n) is 14.0. The van der Waals surface area contributed by atoms with Gasteiger partial charge in [-0.1, -0.05) is 60.7 Å². The zero-order valence-electron chi connectivity index (χ0n) is 23.8. The summed E-state index contributed by atoms with van der Waals surface area (Å²) in [6.07, 6.45) is 7.25. The van der Waals surface area contributed by atoms with Crippen LogP contribution in [0.3, 0.4) is 0 Å². The van der Waals surface area contributed by atoms with Crippen LogP contribution in [0.4, 0.5) is 0 Å². The van der Waals surface area contributed by atoms with Crippen LogP contribution in [0.5, 0.6) is 23.0 Å². The normalized spacial score (nSPS) is 12.2. The molecule has 0 bridgehead atoms. The van der Waals surface area contributed by atoms with Crippen LogP contribution in [0.25, 0.3) is 28.0 Å². The molecule has 0 aliphatic heterocycles. The van der Waals surface area contributed by atoms with Crippen molar-refractivity contribution in [3.8, 4) is 34.1 Å². The van der Waals surface area contributed by atoms with Gasteiger partial charge in [0.15, 0.2) is 0 Å². The summed E-state index contributed by atoms with van der Waals surface area (Å²) in [4.78, 5) is 0. The van der Waals surface area contributed by atoms with E-state index < -0.39 is 0 Å². The lowest BCUT2D eigenvalue weighted by Crippen LogP contribution is -2.09. The number of fused-ring (bicyclic) bond motifs is 5. The summed E-state index contributed by atoms with van der Waals surface area (Å²) in [7, 11) is 5.08. The zero-order chi connectivity index (χ0) is 28.2. The van der Waals surface area contributed by atoms with Crippen LogP contribution in [-0.2, 0) is 25.9 Å². The Labute approximate surface area is 241 Å². The van der Waals surface area contributed by atoms with Crippen LogP contribution in [0.15, 0.2) is 97.1 Å². The van der Waals surface area contributed by atoms with Gasteiger partial charge in [0.25, 0.3) is 0 Å². The van der Waals surface area contributed by atoms with Gasteiger partial charge in [0.1, 0.15) is 29.6 Å². The van der Waals surface area contributed by atoms with Crippen LogP contribution >= 0.6 is 0 Å². The molecular formula is C37H34O4. The van der Waals surface area contributed by atoms with Crippen molar-refractivity contribution in [1.29, 1.82) is 0 Å². The van der Waals surface area contributed by atoms with Gasteiger partial charge in [-0.2, -0.15) is 0 Å². The summed E-state index contributed by atoms with van der Waals surface area (Å²) in [6.45, 7) is 0.449. The highest BCUT2D eigenvalue weighted by Gasteiger charge is 2.25. The van der Waals surface area contributed by atoms with Crippen LogP contribution in [0, 0.1) is 0 Å². The molecule has 0 atom stereocenters. The molecule has 1 aliphatic carbocycles. The van der Waals surface area contributed by atoms with Crippen molar-refractivity contribution in [2.24, 2.45) is 0 Å². The van der Waals surface area contributed by atoms with Crippen molar-refractivity contribution in [2.75, 3.05) is 21.3 Å². The summed E-state index contributed by atoms with van der Waals surface area (Å²) < 4.78 is 23.1. The molecule has 5 aromatic rings. The fourth-order valence-electron chi connectivity index (χ4n) is 5.73. The minimum Gasteiger partial charge on any atom is -0.497 e. The molecule has 0 fully saturated rings. The number of allylic oxidation sites excluding steroid dienone is 1. The second-order valence-corrected chi connectivity index (χ2v) is 10.3. The molecule has 5 aromatic carbocycles. The maximum atomic E-state index is 6.73. The van der Waals surface area contributed by atoms with Gasteiger partial charge in [0.05, 0.1) is 21.3 Å². The van der Waals surface area contributed by atoms with Crippen molar-refractivity contribution in [3.05, 3.63) is 125 Å². The average molecular weight is 543 g/mol. The van der Waals surface area contributed by atoms with Gasteiger partial charge in [-0.15, -0.1) is 0 Å². The Morgan fingerprint density at radius 1 is 0.659 bits per heavy atom. The monoisotopic (exact) mass is 542 g/mol. The van der Waals surface area contributed by atoms with E-state index in [2.05, 4.69) is 72.8 Å². The molecule has 4 nitrogen and oxygen atoms in total. The Kier molecular flexibility index (Phi) is 7.64. The topological polar surface area (TPSA) is 36.9 Å². The predicted octanol–water partition coefficient (Wildman–Crippen LogP) is 8.47. The number of hydrogen-bond donors (Lipinski definition) is 0. The molecule has 0 saturated carbocycles. The molecule has 0 aromatic heterocycles. The molecule has 0 amide bonds. The third kappa shape index (κ3) is 5.38. The van der Waals surface area contributed by atoms with Crippen LogP contribution in [0.1, 0.15) is 27.8 Å². The van der Waals surface area contributed by atoms with Crippen LogP contribution < -0.4 is 18.9 Å². The van der Waals surface area contributed by atoms with Crippen LogP contribution in [0.2, 0.25) is 0 Å². The lowest BCUT2D eigenvalue weighted by molar-refractivity contribution is 0.308. The van der Waals surface area contributed by atoms with Crippen molar-refractivity contribution < 1.29 is 18.9 Å². The van der Waals surface area contributed by atoms with Gasteiger partial charge >= 0.3 is 0 Å². The highest BCUT2D eigenvalue weighted by atomic mass is 16.5. The van der Waals surface area contributed by atoms with Crippen molar-refractivity contribution in [2.45, 2.75) is 25.9 Å². The predicted molar refractivity (Wildman–Crippen MR) is 166 cm³/mol. The maximum Gasteiger partial charge on any atom is 0.135 e. The maximum absolute atomic E-state index is 6.73. The van der Waals surface area contributed by atoms with Gasteiger partial charge in [-0.25, -0.2) is 0 Å². The molecule has 0 unspecified atom stereocenters. The van der Waals surface area contributed by atoms with Crippen molar-refractivity contribution in [1.82, 2.24) is 0 Å². The smallest absolute Gasteiger partial charge is 0.135 e. The Bertz CT molecular complexity index is 1700. The van der Waals surface area contributed by atoms with Gasteiger partial charge in [0, 0.05) is 10.9 Å². The fourth-order valence-corrected chi connectivity index (χ4v) is 5.73. The van der Waals surface area contributed by atoms with Crippen molar-refractivity contribution in [3.63, 3.8) is 0 Å². The quantitative estimate of drug-likeness (QED) is 0.187. The lowest BCUT2D eigenvalue weighted by atomic mass is 9.79. The minimum absolute atomic E-state index is 0.449. The number of methoxy groups -OCH3 is 3. The third-order valence-corrected chi connectivity index (χ3v) is 7.88. The fraction of sp³-hybridized carbons (Fsp3) is 0.189. The highest BCUT2D eigenvalue weighted by molar-refractivity contribution is 6.06. The Balaban J connectivity index is 1.49. The Morgan fingerprint density at radius 2 is 1.32 bits per heavy atom. The van der Waals surface area contributed by atoms with Gasteiger partial charge in [-0.3, -0.25) is 0 Å². The molecule has 41 heavy (non-hydrogen) atoms. The van der Waals surface area contributed by atoms with Crippen molar-refractivity contribution >= 4 is 16.8 Å². The van der Waals surface area contributed by atoms with E-state index in [0.717, 1.165) is 58.8 Å². The molecule has 0 heterocycles. The lowest BCUT2D eigenvalue weighted by Gasteiger charge is -2.26. The second-order valence-electron chi connectivity index (χ2n) is 10.3. The molecule has 4 heteroatoms. The molecule has 0 N–H and O–H groups in total. The number of benzene rings is 5. The van der Waals surface area contributed by atoms with E-state index in [1.54, 1.807) is 21.3 Å².